The first-order chi connectivity index (χ1) is 10.2. The second kappa shape index (κ2) is 9.56. The molecule has 21 heavy (non-hydrogen) atoms. The summed E-state index contributed by atoms with van der Waals surface area (Å²) in [7, 11) is 1.61. The van der Waals surface area contributed by atoms with Crippen molar-refractivity contribution in [2.75, 3.05) is 13.7 Å². The second-order valence-electron chi connectivity index (χ2n) is 5.28. The van der Waals surface area contributed by atoms with Crippen molar-refractivity contribution in [2.45, 2.75) is 59.0 Å². The van der Waals surface area contributed by atoms with Crippen LogP contribution in [0.4, 0.5) is 0 Å². The third-order valence-corrected chi connectivity index (χ3v) is 3.67. The minimum Gasteiger partial charge on any atom is -0.496 e. The highest BCUT2D eigenvalue weighted by Gasteiger charge is 2.18. The Morgan fingerprint density at radius 1 is 1.19 bits per heavy atom. The van der Waals surface area contributed by atoms with Crippen LogP contribution in [0, 0.1) is 0 Å². The molecule has 0 unspecified atom stereocenters. The minimum atomic E-state index is -0.0637. The molecule has 0 aromatic heterocycles. The number of hydrogen-bond donors (Lipinski definition) is 0. The lowest BCUT2D eigenvalue weighted by atomic mass is 10.0. The lowest BCUT2D eigenvalue weighted by Crippen LogP contribution is -2.08. The normalized spacial score (nSPS) is 12.2. The van der Waals surface area contributed by atoms with Crippen LogP contribution in [0.2, 0.25) is 0 Å². The number of carbonyl (C=O) groups is 1. The number of rotatable bonds is 10. The van der Waals surface area contributed by atoms with Crippen molar-refractivity contribution >= 4 is 5.78 Å². The smallest absolute Gasteiger partial charge is 0.166 e. The zero-order chi connectivity index (χ0) is 15.7. The average Bonchev–Trinajstić information content (AvgIpc) is 2.52. The molecular weight excluding hydrogens is 264 g/mol. The molecule has 118 valence electrons. The number of benzene rings is 1. The van der Waals surface area contributed by atoms with Gasteiger partial charge in [-0.2, -0.15) is 0 Å². The molecule has 0 aliphatic rings. The van der Waals surface area contributed by atoms with Crippen LogP contribution in [0.5, 0.6) is 5.75 Å². The molecule has 0 saturated heterocycles. The second-order valence-corrected chi connectivity index (χ2v) is 5.28. The van der Waals surface area contributed by atoms with E-state index in [0.29, 0.717) is 17.7 Å². The van der Waals surface area contributed by atoms with Gasteiger partial charge in [-0.1, -0.05) is 45.2 Å². The fourth-order valence-electron chi connectivity index (χ4n) is 2.39. The first kappa shape index (κ1) is 17.7. The summed E-state index contributed by atoms with van der Waals surface area (Å²) >= 11 is 0. The highest BCUT2D eigenvalue weighted by molar-refractivity contribution is 5.98. The fraction of sp³-hybridized carbons (Fsp3) is 0.611. The fourth-order valence-corrected chi connectivity index (χ4v) is 2.39. The van der Waals surface area contributed by atoms with Crippen LogP contribution in [0.15, 0.2) is 18.2 Å². The van der Waals surface area contributed by atoms with Crippen molar-refractivity contribution in [2.24, 2.45) is 0 Å². The maximum atomic E-state index is 12.0. The maximum Gasteiger partial charge on any atom is 0.166 e. The van der Waals surface area contributed by atoms with E-state index in [4.69, 9.17) is 9.47 Å². The number of methoxy groups -OCH3 is 1. The SMILES string of the molecule is CCCCCCO[C@@H](C)c1cccc(C(=O)CC)c1OC. The number of Topliss-reactive ketones (excluding diaryl/α,β-unsaturated/α-hetero) is 1. The molecule has 1 aromatic carbocycles. The zero-order valence-corrected chi connectivity index (χ0v) is 13.8. The third-order valence-electron chi connectivity index (χ3n) is 3.67. The molecular formula is C18H28O3. The molecule has 0 heterocycles. The molecule has 0 aliphatic carbocycles. The largest absolute Gasteiger partial charge is 0.496 e. The molecule has 1 rings (SSSR count). The van der Waals surface area contributed by atoms with E-state index < -0.39 is 0 Å². The number of hydrogen-bond acceptors (Lipinski definition) is 3. The zero-order valence-electron chi connectivity index (χ0n) is 13.8. The van der Waals surface area contributed by atoms with Crippen LogP contribution in [-0.4, -0.2) is 19.5 Å². The third kappa shape index (κ3) is 5.16. The number of unbranched alkanes of at least 4 members (excludes halogenated alkanes) is 3. The van der Waals surface area contributed by atoms with Crippen LogP contribution in [0.25, 0.3) is 0 Å². The number of carbonyl (C=O) groups excluding carboxylic acids is 1. The lowest BCUT2D eigenvalue weighted by molar-refractivity contribution is 0.0610. The Labute approximate surface area is 128 Å². The summed E-state index contributed by atoms with van der Waals surface area (Å²) in [5.41, 5.74) is 1.60. The first-order valence-corrected chi connectivity index (χ1v) is 7.97. The molecule has 0 radical (unpaired) electrons. The monoisotopic (exact) mass is 292 g/mol. The average molecular weight is 292 g/mol. The van der Waals surface area contributed by atoms with Gasteiger partial charge in [0.25, 0.3) is 0 Å². The van der Waals surface area contributed by atoms with Crippen LogP contribution in [-0.2, 0) is 4.74 Å². The molecule has 1 aromatic rings. The van der Waals surface area contributed by atoms with E-state index in [1.807, 2.05) is 32.0 Å². The number of ether oxygens (including phenoxy) is 2. The topological polar surface area (TPSA) is 35.5 Å². The number of para-hydroxylation sites is 1. The van der Waals surface area contributed by atoms with Gasteiger partial charge in [0.2, 0.25) is 0 Å². The quantitative estimate of drug-likeness (QED) is 0.452. The predicted molar refractivity (Wildman–Crippen MR) is 86.1 cm³/mol. The van der Waals surface area contributed by atoms with Gasteiger partial charge >= 0.3 is 0 Å². The molecule has 3 nitrogen and oxygen atoms in total. The Balaban J connectivity index is 2.74. The van der Waals surface area contributed by atoms with Crippen molar-refractivity contribution in [1.29, 1.82) is 0 Å². The van der Waals surface area contributed by atoms with Crippen LogP contribution in [0.3, 0.4) is 0 Å². The van der Waals surface area contributed by atoms with Crippen LogP contribution < -0.4 is 4.74 Å². The van der Waals surface area contributed by atoms with Crippen molar-refractivity contribution in [3.8, 4) is 5.75 Å². The van der Waals surface area contributed by atoms with E-state index in [2.05, 4.69) is 6.92 Å². The van der Waals surface area contributed by atoms with Crippen molar-refractivity contribution in [3.63, 3.8) is 0 Å². The van der Waals surface area contributed by atoms with Gasteiger partial charge < -0.3 is 9.47 Å². The van der Waals surface area contributed by atoms with E-state index in [9.17, 15) is 4.79 Å². The molecule has 0 fully saturated rings. The molecule has 0 bridgehead atoms. The molecule has 0 spiro atoms. The van der Waals surface area contributed by atoms with E-state index >= 15 is 0 Å². The molecule has 0 amide bonds. The summed E-state index contributed by atoms with van der Waals surface area (Å²) in [6.07, 6.45) is 5.17. The van der Waals surface area contributed by atoms with Gasteiger partial charge in [0.15, 0.2) is 5.78 Å². The predicted octanol–water partition coefficient (Wildman–Crippen LogP) is 4.95. The van der Waals surface area contributed by atoms with Gasteiger partial charge in [0, 0.05) is 18.6 Å². The minimum absolute atomic E-state index is 0.0637. The molecule has 3 heteroatoms. The van der Waals surface area contributed by atoms with Gasteiger partial charge in [-0.25, -0.2) is 0 Å². The van der Waals surface area contributed by atoms with E-state index in [1.54, 1.807) is 7.11 Å². The highest BCUT2D eigenvalue weighted by atomic mass is 16.5. The van der Waals surface area contributed by atoms with Crippen molar-refractivity contribution in [1.82, 2.24) is 0 Å². The summed E-state index contributed by atoms with van der Waals surface area (Å²) in [6.45, 7) is 6.82. The molecule has 0 saturated carbocycles. The summed E-state index contributed by atoms with van der Waals surface area (Å²) < 4.78 is 11.4. The van der Waals surface area contributed by atoms with Crippen molar-refractivity contribution < 1.29 is 14.3 Å². The van der Waals surface area contributed by atoms with Crippen LogP contribution >= 0.6 is 0 Å². The molecule has 1 atom stereocenters. The number of ketones is 1. The Bertz CT molecular complexity index is 440. The molecule has 0 N–H and O–H groups in total. The van der Waals surface area contributed by atoms with E-state index in [1.165, 1.54) is 19.3 Å². The molecule has 0 aliphatic heterocycles. The maximum absolute atomic E-state index is 12.0. The standard InChI is InChI=1S/C18H28O3/c1-5-7-8-9-13-21-14(3)15-11-10-12-16(17(19)6-2)18(15)20-4/h10-12,14H,5-9,13H2,1-4H3/t14-/m0/s1. The van der Waals surface area contributed by atoms with Gasteiger partial charge in [-0.15, -0.1) is 0 Å². The Morgan fingerprint density at radius 2 is 1.95 bits per heavy atom. The van der Waals surface area contributed by atoms with E-state index in [-0.39, 0.29) is 11.9 Å². The van der Waals surface area contributed by atoms with Gasteiger partial charge in [0.05, 0.1) is 18.8 Å². The Hall–Kier alpha value is -1.35. The van der Waals surface area contributed by atoms with Gasteiger partial charge in [-0.05, 0) is 19.4 Å². The van der Waals surface area contributed by atoms with Crippen molar-refractivity contribution in [3.05, 3.63) is 29.3 Å². The Kier molecular flexibility index (Phi) is 8.06. The Morgan fingerprint density at radius 3 is 2.57 bits per heavy atom. The lowest BCUT2D eigenvalue weighted by Gasteiger charge is -2.18. The van der Waals surface area contributed by atoms with Gasteiger partial charge in [0.1, 0.15) is 5.75 Å². The highest BCUT2D eigenvalue weighted by Crippen LogP contribution is 2.31. The summed E-state index contributed by atoms with van der Waals surface area (Å²) in [6, 6.07) is 5.70. The van der Waals surface area contributed by atoms with Gasteiger partial charge in [-0.3, -0.25) is 4.79 Å². The summed E-state index contributed by atoms with van der Waals surface area (Å²) in [5, 5.41) is 0. The summed E-state index contributed by atoms with van der Waals surface area (Å²) in [4.78, 5) is 12.0. The first-order valence-electron chi connectivity index (χ1n) is 7.97. The van der Waals surface area contributed by atoms with E-state index in [0.717, 1.165) is 18.6 Å². The summed E-state index contributed by atoms with van der Waals surface area (Å²) in [5.74, 6) is 0.759. The van der Waals surface area contributed by atoms with Crippen LogP contribution in [0.1, 0.15) is 74.9 Å².